The van der Waals surface area contributed by atoms with Gasteiger partial charge in [0.05, 0.1) is 18.7 Å². The largest absolute Gasteiger partial charge is 0.497 e. The van der Waals surface area contributed by atoms with Crippen molar-refractivity contribution in [2.75, 3.05) is 13.7 Å². The summed E-state index contributed by atoms with van der Waals surface area (Å²) in [6.07, 6.45) is 0.862. The second-order valence-electron chi connectivity index (χ2n) is 4.69. The molecular weight excluding hydrogens is 267 g/mol. The minimum atomic E-state index is -0.319. The molecule has 0 fully saturated rings. The van der Waals surface area contributed by atoms with Gasteiger partial charge in [0.15, 0.2) is 0 Å². The van der Waals surface area contributed by atoms with Crippen molar-refractivity contribution in [3.8, 4) is 11.8 Å². The number of hydrogen-bond acceptors (Lipinski definition) is 3. The molecule has 0 saturated carbocycles. The Kier molecular flexibility index (Phi) is 5.30. The zero-order valence-corrected chi connectivity index (χ0v) is 11.9. The van der Waals surface area contributed by atoms with E-state index in [1.807, 2.05) is 24.3 Å². The average molecular weight is 284 g/mol. The Morgan fingerprint density at radius 1 is 1.19 bits per heavy atom. The summed E-state index contributed by atoms with van der Waals surface area (Å²) in [4.78, 5) is 0. The van der Waals surface area contributed by atoms with Crippen molar-refractivity contribution in [3.05, 3.63) is 65.0 Å². The molecule has 21 heavy (non-hydrogen) atoms. The molecule has 0 bridgehead atoms. The van der Waals surface area contributed by atoms with Crippen molar-refractivity contribution in [3.63, 3.8) is 0 Å². The molecule has 2 rings (SSSR count). The summed E-state index contributed by atoms with van der Waals surface area (Å²) < 4.78 is 18.3. The van der Waals surface area contributed by atoms with E-state index < -0.39 is 0 Å². The van der Waals surface area contributed by atoms with E-state index in [-0.39, 0.29) is 5.82 Å². The quantitative estimate of drug-likeness (QED) is 0.829. The van der Waals surface area contributed by atoms with Crippen LogP contribution in [0, 0.1) is 17.1 Å². The highest BCUT2D eigenvalue weighted by molar-refractivity contribution is 5.37. The lowest BCUT2D eigenvalue weighted by atomic mass is 10.1. The molecule has 4 heteroatoms. The van der Waals surface area contributed by atoms with Gasteiger partial charge in [0.2, 0.25) is 0 Å². The van der Waals surface area contributed by atoms with Gasteiger partial charge in [0, 0.05) is 6.54 Å². The average Bonchev–Trinajstić information content (AvgIpc) is 2.52. The van der Waals surface area contributed by atoms with Crippen LogP contribution in [0.5, 0.6) is 5.75 Å². The minimum absolute atomic E-state index is 0.319. The zero-order chi connectivity index (χ0) is 15.1. The number of methoxy groups -OCH3 is 1. The predicted molar refractivity (Wildman–Crippen MR) is 79.5 cm³/mol. The molecular formula is C17H17FN2O. The first kappa shape index (κ1) is 15.0. The molecule has 0 atom stereocenters. The Labute approximate surface area is 124 Å². The summed E-state index contributed by atoms with van der Waals surface area (Å²) in [5, 5.41) is 12.2. The molecule has 0 aliphatic carbocycles. The Bertz CT molecular complexity index is 632. The van der Waals surface area contributed by atoms with Crippen LogP contribution in [0.3, 0.4) is 0 Å². The normalized spacial score (nSPS) is 10.1. The highest BCUT2D eigenvalue weighted by Crippen LogP contribution is 2.12. The maximum atomic E-state index is 13.2. The van der Waals surface area contributed by atoms with Gasteiger partial charge in [-0.05, 0) is 54.4 Å². The first-order valence-electron chi connectivity index (χ1n) is 6.75. The smallest absolute Gasteiger partial charge is 0.123 e. The molecule has 2 aromatic carbocycles. The van der Waals surface area contributed by atoms with Crippen LogP contribution in [-0.4, -0.2) is 13.7 Å². The molecule has 2 aromatic rings. The standard InChI is InChI=1S/C17H17FN2O/c1-21-17-6-2-13(3-7-17)8-9-20-12-15-10-16(18)5-4-14(15)11-19/h2-7,10,20H,8-9,12H2,1H3. The molecule has 0 spiro atoms. The molecule has 0 unspecified atom stereocenters. The fraction of sp³-hybridized carbons (Fsp3) is 0.235. The first-order chi connectivity index (χ1) is 10.2. The van der Waals surface area contributed by atoms with E-state index in [1.54, 1.807) is 7.11 Å². The van der Waals surface area contributed by atoms with Crippen LogP contribution in [0.15, 0.2) is 42.5 Å². The molecule has 0 saturated heterocycles. The minimum Gasteiger partial charge on any atom is -0.497 e. The molecule has 0 aromatic heterocycles. The van der Waals surface area contributed by atoms with Crippen molar-refractivity contribution in [1.29, 1.82) is 5.26 Å². The number of rotatable bonds is 6. The van der Waals surface area contributed by atoms with E-state index >= 15 is 0 Å². The van der Waals surface area contributed by atoms with Crippen LogP contribution in [0.1, 0.15) is 16.7 Å². The van der Waals surface area contributed by atoms with Gasteiger partial charge in [-0.25, -0.2) is 4.39 Å². The van der Waals surface area contributed by atoms with Gasteiger partial charge in [0.25, 0.3) is 0 Å². The van der Waals surface area contributed by atoms with Crippen LogP contribution in [0.25, 0.3) is 0 Å². The fourth-order valence-corrected chi connectivity index (χ4v) is 2.07. The van der Waals surface area contributed by atoms with Gasteiger partial charge in [-0.1, -0.05) is 12.1 Å². The fourth-order valence-electron chi connectivity index (χ4n) is 2.07. The van der Waals surface area contributed by atoms with E-state index in [0.717, 1.165) is 18.7 Å². The number of nitrogens with one attached hydrogen (secondary N) is 1. The van der Waals surface area contributed by atoms with Crippen molar-refractivity contribution >= 4 is 0 Å². The van der Waals surface area contributed by atoms with Crippen molar-refractivity contribution < 1.29 is 9.13 Å². The summed E-state index contributed by atoms with van der Waals surface area (Å²) in [7, 11) is 1.64. The summed E-state index contributed by atoms with van der Waals surface area (Å²) in [6.45, 7) is 1.24. The van der Waals surface area contributed by atoms with Gasteiger partial charge in [0.1, 0.15) is 11.6 Å². The Morgan fingerprint density at radius 2 is 1.95 bits per heavy atom. The third-order valence-electron chi connectivity index (χ3n) is 3.25. The summed E-state index contributed by atoms with van der Waals surface area (Å²) in [5.74, 6) is 0.520. The van der Waals surface area contributed by atoms with Crippen molar-refractivity contribution in [2.24, 2.45) is 0 Å². The van der Waals surface area contributed by atoms with E-state index in [0.29, 0.717) is 17.7 Å². The third kappa shape index (κ3) is 4.30. The Morgan fingerprint density at radius 3 is 2.62 bits per heavy atom. The SMILES string of the molecule is COc1ccc(CCNCc2cc(F)ccc2C#N)cc1. The van der Waals surface area contributed by atoms with Gasteiger partial charge in [-0.2, -0.15) is 5.26 Å². The van der Waals surface area contributed by atoms with E-state index in [2.05, 4.69) is 11.4 Å². The van der Waals surface area contributed by atoms with Crippen LogP contribution in [-0.2, 0) is 13.0 Å². The number of benzene rings is 2. The second-order valence-corrected chi connectivity index (χ2v) is 4.69. The number of hydrogen-bond donors (Lipinski definition) is 1. The molecule has 0 amide bonds. The van der Waals surface area contributed by atoms with Gasteiger partial charge in [-0.15, -0.1) is 0 Å². The lowest BCUT2D eigenvalue weighted by Crippen LogP contribution is -2.17. The van der Waals surface area contributed by atoms with Gasteiger partial charge >= 0.3 is 0 Å². The first-order valence-corrected chi connectivity index (χ1v) is 6.75. The number of ether oxygens (including phenoxy) is 1. The van der Waals surface area contributed by atoms with Crippen LogP contribution in [0.4, 0.5) is 4.39 Å². The summed E-state index contributed by atoms with van der Waals surface area (Å²) >= 11 is 0. The predicted octanol–water partition coefficient (Wildman–Crippen LogP) is 3.04. The monoisotopic (exact) mass is 284 g/mol. The number of nitrogens with zero attached hydrogens (tertiary/aromatic N) is 1. The lowest BCUT2D eigenvalue weighted by molar-refractivity contribution is 0.414. The summed E-state index contributed by atoms with van der Waals surface area (Å²) in [5.41, 5.74) is 2.39. The van der Waals surface area contributed by atoms with E-state index in [4.69, 9.17) is 10.00 Å². The number of halogens is 1. The van der Waals surface area contributed by atoms with Crippen LogP contribution >= 0.6 is 0 Å². The molecule has 0 heterocycles. The van der Waals surface area contributed by atoms with Crippen molar-refractivity contribution in [1.82, 2.24) is 5.32 Å². The lowest BCUT2D eigenvalue weighted by Gasteiger charge is -2.07. The maximum Gasteiger partial charge on any atom is 0.123 e. The highest BCUT2D eigenvalue weighted by atomic mass is 19.1. The molecule has 0 aliphatic heterocycles. The van der Waals surface area contributed by atoms with Crippen LogP contribution in [0.2, 0.25) is 0 Å². The van der Waals surface area contributed by atoms with E-state index in [9.17, 15) is 4.39 Å². The molecule has 0 radical (unpaired) electrons. The molecule has 0 aliphatic rings. The third-order valence-corrected chi connectivity index (χ3v) is 3.25. The van der Waals surface area contributed by atoms with Crippen molar-refractivity contribution in [2.45, 2.75) is 13.0 Å². The van der Waals surface area contributed by atoms with Gasteiger partial charge in [-0.3, -0.25) is 0 Å². The van der Waals surface area contributed by atoms with Gasteiger partial charge < -0.3 is 10.1 Å². The van der Waals surface area contributed by atoms with E-state index in [1.165, 1.54) is 23.8 Å². The topological polar surface area (TPSA) is 45.0 Å². The molecule has 108 valence electrons. The second kappa shape index (κ2) is 7.41. The molecule has 3 nitrogen and oxygen atoms in total. The van der Waals surface area contributed by atoms with Crippen LogP contribution < -0.4 is 10.1 Å². The summed E-state index contributed by atoms with van der Waals surface area (Å²) in [6, 6.07) is 14.2. The zero-order valence-electron chi connectivity index (χ0n) is 11.9. The Balaban J connectivity index is 1.84. The molecule has 1 N–H and O–H groups in total. The number of nitriles is 1. The maximum absolute atomic E-state index is 13.2. The highest BCUT2D eigenvalue weighted by Gasteiger charge is 2.03. The Hall–Kier alpha value is -2.38.